The first kappa shape index (κ1) is 78.0. The quantitative estimate of drug-likeness (QED) is 0.00743. The summed E-state index contributed by atoms with van der Waals surface area (Å²) in [6.45, 7) is 19.3. The van der Waals surface area contributed by atoms with E-state index in [1.165, 1.54) is 29.3 Å². The molecule has 0 saturated heterocycles. The van der Waals surface area contributed by atoms with Crippen molar-refractivity contribution < 1.29 is 43.0 Å². The molecule has 3 aromatic heterocycles. The van der Waals surface area contributed by atoms with E-state index in [2.05, 4.69) is 169 Å². The monoisotopic (exact) mass is 1510 g/mol. The van der Waals surface area contributed by atoms with Gasteiger partial charge in [-0.05, 0) is 95.6 Å². The third-order valence-corrected chi connectivity index (χ3v) is 24.9. The van der Waals surface area contributed by atoms with E-state index in [1.54, 1.807) is 31.2 Å². The van der Waals surface area contributed by atoms with Gasteiger partial charge in [-0.1, -0.05) is 181 Å². The van der Waals surface area contributed by atoms with E-state index in [-0.39, 0.29) is 92.5 Å². The lowest BCUT2D eigenvalue weighted by atomic mass is 9.84. The zero-order valence-electron chi connectivity index (χ0n) is 60.6. The maximum atomic E-state index is 14.4. The van der Waals surface area contributed by atoms with Crippen LogP contribution < -0.4 is 42.8 Å². The minimum absolute atomic E-state index is 0.0279. The molecule has 0 radical (unpaired) electrons. The van der Waals surface area contributed by atoms with Gasteiger partial charge in [-0.2, -0.15) is 4.98 Å². The smallest absolute Gasteiger partial charge is 0.413 e. The topological polar surface area (TPSA) is 319 Å². The molecule has 1 unspecified atom stereocenters. The summed E-state index contributed by atoms with van der Waals surface area (Å²) in [4.78, 5) is 135. The van der Waals surface area contributed by atoms with Gasteiger partial charge in [0.2, 0.25) is 29.6 Å². The Hall–Kier alpha value is -9.62. The average molecular weight is 1510 g/mol. The molecule has 0 spiro atoms. The predicted octanol–water partition coefficient (Wildman–Crippen LogP) is 12.0. The van der Waals surface area contributed by atoms with Crippen molar-refractivity contribution in [1.82, 2.24) is 51.5 Å². The number of aromatic amines is 1. The molecular weight excluding hydrogens is 1420 g/mol. The molecule has 8 aromatic rings. The van der Waals surface area contributed by atoms with E-state index in [0.717, 1.165) is 38.7 Å². The van der Waals surface area contributed by atoms with Gasteiger partial charge >= 0.3 is 12.1 Å². The van der Waals surface area contributed by atoms with Gasteiger partial charge in [0.1, 0.15) is 33.4 Å². The number of hydrogen-bond acceptors (Lipinski definition) is 19. The first-order valence-electron chi connectivity index (χ1n) is 35.2. The Labute approximate surface area is 626 Å². The Bertz CT molecular complexity index is 4420. The van der Waals surface area contributed by atoms with Crippen LogP contribution in [0.25, 0.3) is 21.6 Å². The number of amides is 6. The van der Waals surface area contributed by atoms with Gasteiger partial charge in [0.15, 0.2) is 11.2 Å². The number of anilines is 2. The largest absolute Gasteiger partial charge is 0.464 e. The standard InChI is InChI=1S/C77H91N13O10S3Si2/c1-49(2)63-69(94)83-57(27-19-20-40-102-77(53-21-13-10-14-22-53,54-23-15-11-16-24-54)55-25-17-12-18-26-55)43-61(92)80-47-62-85-64(71-90-76(3,48-101-71)73(97)86-63)66(103-62)51-30-28-50(29-31-51)44-79-60(91)37-36-59(72(96)99-38-41-104(4,5)6)84-68(93)52-32-34-56(35-33-52)78-45-58-46-81-67-65(82-58)70(95)88-74(87-67)89-75(98)100-39-42-105(7,8)9/h10-19,21-35,46,49,57,59,63,78H,20,36-45,47-48H2,1-9H3,(H,79,91)(H,80,92)(H,83,94)(H,84,93)(H,86,97)(H2,81,87,88,89,95,98)/b27-19+/t57?,59-,63-,76-/m0/s1. The van der Waals surface area contributed by atoms with Crippen LogP contribution in [-0.4, -0.2) is 136 Å². The van der Waals surface area contributed by atoms with Crippen LogP contribution in [0.3, 0.4) is 0 Å². The summed E-state index contributed by atoms with van der Waals surface area (Å²) in [5, 5.41) is 21.7. The fourth-order valence-electron chi connectivity index (χ4n) is 11.5. The van der Waals surface area contributed by atoms with Gasteiger partial charge < -0.3 is 41.4 Å². The van der Waals surface area contributed by atoms with Crippen molar-refractivity contribution in [2.24, 2.45) is 10.9 Å². The molecule has 5 heterocycles. The number of aromatic nitrogens is 5. The van der Waals surface area contributed by atoms with Crippen molar-refractivity contribution in [2.45, 2.75) is 146 Å². The molecule has 0 saturated carbocycles. The SMILES string of the molecule is CC(C)[C@@H]1NC(=O)[C@]2(C)CSC(=N2)c2nc(sc2-c2ccc(CNC(=O)CC[C@H](NC(=O)c3ccc(NCc4cnc5nc(NC(=O)OCC[Si](C)(C)C)[nH]c(=O)c5n4)cc3)C(=O)OCC[Si](C)(C)C)cc2)CNC(=O)CC(/C=C/CCSC(c2ccccc2)(c2ccccc2)c2ccccc2)NC1=O. The van der Waals surface area contributed by atoms with Crippen LogP contribution in [0.2, 0.25) is 51.4 Å². The first-order chi connectivity index (χ1) is 50.2. The van der Waals surface area contributed by atoms with E-state index < -0.39 is 79.9 Å². The van der Waals surface area contributed by atoms with Crippen molar-refractivity contribution in [3.05, 3.63) is 212 Å². The number of esters is 1. The minimum atomic E-state index is -1.60. The maximum absolute atomic E-state index is 14.4. The molecule has 4 bridgehead atoms. The van der Waals surface area contributed by atoms with Crippen molar-refractivity contribution in [3.63, 3.8) is 0 Å². The van der Waals surface area contributed by atoms with Crippen LogP contribution >= 0.6 is 34.9 Å². The third-order valence-electron chi connectivity index (χ3n) is 17.6. The second-order valence-electron chi connectivity index (χ2n) is 28.9. The van der Waals surface area contributed by atoms with Crippen LogP contribution in [0.1, 0.15) is 95.5 Å². The molecule has 105 heavy (non-hydrogen) atoms. The van der Waals surface area contributed by atoms with Crippen molar-refractivity contribution in [1.29, 1.82) is 0 Å². The summed E-state index contributed by atoms with van der Waals surface area (Å²) in [7, 11) is -3.02. The summed E-state index contributed by atoms with van der Waals surface area (Å²) < 4.78 is 10.4. The summed E-state index contributed by atoms with van der Waals surface area (Å²) in [6.07, 6.45) is 5.00. The van der Waals surface area contributed by atoms with Crippen LogP contribution in [0.4, 0.5) is 16.4 Å². The first-order valence-corrected chi connectivity index (χ1v) is 45.4. The lowest BCUT2D eigenvalue weighted by Crippen LogP contribution is -2.56. The Balaban J connectivity index is 0.764. The molecule has 2 aliphatic rings. The number of nitrogens with one attached hydrogen (secondary N) is 8. The van der Waals surface area contributed by atoms with E-state index >= 15 is 0 Å². The molecule has 2 aliphatic heterocycles. The number of carbonyl (C=O) groups is 7. The van der Waals surface area contributed by atoms with Crippen molar-refractivity contribution >= 4 is 120 Å². The number of nitrogens with zero attached hydrogens (tertiary/aromatic N) is 5. The summed E-state index contributed by atoms with van der Waals surface area (Å²) >= 11 is 4.61. The molecule has 6 amide bonds. The molecule has 8 N–H and O–H groups in total. The number of thioether (sulfide) groups is 2. The predicted molar refractivity (Wildman–Crippen MR) is 422 cm³/mol. The normalized spacial score (nSPS) is 16.9. The lowest BCUT2D eigenvalue weighted by Gasteiger charge is -2.35. The van der Waals surface area contributed by atoms with Gasteiger partial charge in [-0.15, -0.1) is 34.9 Å². The highest BCUT2D eigenvalue weighted by Crippen LogP contribution is 2.49. The number of benzene rings is 5. The molecule has 23 nitrogen and oxygen atoms in total. The van der Waals surface area contributed by atoms with Gasteiger partial charge in [0.25, 0.3) is 11.5 Å². The summed E-state index contributed by atoms with van der Waals surface area (Å²) in [5.74, 6) is -2.09. The number of allylic oxidation sites excluding steroid dienone is 1. The number of carbonyl (C=O) groups excluding carboxylic acids is 7. The second-order valence-corrected chi connectivity index (χ2v) is 43.5. The Kier molecular flexibility index (Phi) is 26.3. The van der Waals surface area contributed by atoms with Crippen molar-refractivity contribution in [2.75, 3.05) is 35.4 Å². The number of aliphatic imine (C=N–C) groups is 1. The minimum Gasteiger partial charge on any atom is -0.464 e. The summed E-state index contributed by atoms with van der Waals surface area (Å²) in [6, 6.07) is 44.3. The van der Waals surface area contributed by atoms with Crippen LogP contribution in [-0.2, 0) is 57.8 Å². The molecular formula is C77H91N13O10S3Si2. The average Bonchev–Trinajstić information content (AvgIpc) is 1.60. The van der Waals surface area contributed by atoms with Gasteiger partial charge in [-0.3, -0.25) is 44.1 Å². The lowest BCUT2D eigenvalue weighted by molar-refractivity contribution is -0.145. The molecule has 0 aliphatic carbocycles. The molecule has 5 aromatic carbocycles. The molecule has 550 valence electrons. The number of thiazole rings is 1. The van der Waals surface area contributed by atoms with E-state index in [9.17, 15) is 38.4 Å². The van der Waals surface area contributed by atoms with Gasteiger partial charge in [-0.25, -0.2) is 24.5 Å². The highest BCUT2D eigenvalue weighted by molar-refractivity contribution is 8.14. The van der Waals surface area contributed by atoms with Crippen LogP contribution in [0, 0.1) is 5.92 Å². The van der Waals surface area contributed by atoms with Crippen LogP contribution in [0.5, 0.6) is 0 Å². The maximum Gasteiger partial charge on any atom is 0.413 e. The molecule has 0 fully saturated rings. The highest BCUT2D eigenvalue weighted by atomic mass is 32.2. The van der Waals surface area contributed by atoms with Gasteiger partial charge in [0, 0.05) is 46.1 Å². The fourth-order valence-corrected chi connectivity index (χ4v) is 16.7. The van der Waals surface area contributed by atoms with E-state index in [1.807, 2.05) is 80.2 Å². The molecule has 10 rings (SSSR count). The van der Waals surface area contributed by atoms with E-state index in [4.69, 9.17) is 19.5 Å². The summed E-state index contributed by atoms with van der Waals surface area (Å²) in [5.41, 5.74) is 5.03. The Morgan fingerprint density at radius 2 is 1.41 bits per heavy atom. The highest BCUT2D eigenvalue weighted by Gasteiger charge is 2.43. The number of fused-ring (bicyclic) bond motifs is 5. The number of H-pyrrole nitrogens is 1. The number of rotatable bonds is 28. The zero-order valence-corrected chi connectivity index (χ0v) is 65.0. The Morgan fingerprint density at radius 3 is 2.04 bits per heavy atom. The van der Waals surface area contributed by atoms with Gasteiger partial charge in [0.05, 0.1) is 60.3 Å². The van der Waals surface area contributed by atoms with Crippen LogP contribution in [0.15, 0.2) is 168 Å². The van der Waals surface area contributed by atoms with E-state index in [0.29, 0.717) is 51.1 Å². The number of hydrogen-bond donors (Lipinski definition) is 8. The third kappa shape index (κ3) is 21.5. The number of ether oxygens (including phenoxy) is 2. The molecule has 28 heteroatoms. The van der Waals surface area contributed by atoms with Crippen molar-refractivity contribution in [3.8, 4) is 10.4 Å². The molecule has 4 atom stereocenters. The zero-order chi connectivity index (χ0) is 74.9. The fraction of sp³-hybridized carbons (Fsp3) is 0.364. The Morgan fingerprint density at radius 1 is 0.771 bits per heavy atom. The second kappa shape index (κ2) is 35.4.